The van der Waals surface area contributed by atoms with Gasteiger partial charge in [-0.1, -0.05) is 12.1 Å². The summed E-state index contributed by atoms with van der Waals surface area (Å²) in [5.41, 5.74) is 1.53. The van der Waals surface area contributed by atoms with Gasteiger partial charge < -0.3 is 10.4 Å². The Morgan fingerprint density at radius 3 is 2.62 bits per heavy atom. The van der Waals surface area contributed by atoms with Crippen molar-refractivity contribution in [2.75, 3.05) is 13.1 Å². The van der Waals surface area contributed by atoms with E-state index in [1.165, 1.54) is 17.5 Å². The highest BCUT2D eigenvalue weighted by molar-refractivity contribution is 5.67. The SMILES string of the molecule is Cc1nn(-c2ccc(CCC(=O)O)cc2)c(=O)n1CCC1CCNCC1. The summed E-state index contributed by atoms with van der Waals surface area (Å²) < 4.78 is 3.18. The molecule has 0 saturated carbocycles. The van der Waals surface area contributed by atoms with Crippen LogP contribution >= 0.6 is 0 Å². The number of piperidine rings is 1. The number of hydrogen-bond acceptors (Lipinski definition) is 4. The summed E-state index contributed by atoms with van der Waals surface area (Å²) in [7, 11) is 0. The quantitative estimate of drug-likeness (QED) is 0.787. The molecular formula is C19H26N4O3. The lowest BCUT2D eigenvalue weighted by atomic mass is 9.95. The van der Waals surface area contributed by atoms with Crippen molar-refractivity contribution in [2.45, 2.75) is 45.6 Å². The minimum atomic E-state index is -0.812. The maximum Gasteiger partial charge on any atom is 0.350 e. The maximum absolute atomic E-state index is 12.7. The first-order chi connectivity index (χ1) is 12.5. The molecule has 1 saturated heterocycles. The van der Waals surface area contributed by atoms with Crippen LogP contribution in [-0.2, 0) is 17.8 Å². The average Bonchev–Trinajstić information content (AvgIpc) is 2.93. The molecule has 0 bridgehead atoms. The highest BCUT2D eigenvalue weighted by Crippen LogP contribution is 2.17. The van der Waals surface area contributed by atoms with E-state index in [0.717, 1.165) is 30.9 Å². The Bertz CT molecular complexity index is 801. The summed E-state index contributed by atoms with van der Waals surface area (Å²) >= 11 is 0. The number of aryl methyl sites for hydroxylation is 2. The van der Waals surface area contributed by atoms with Crippen molar-refractivity contribution >= 4 is 5.97 Å². The molecule has 2 N–H and O–H groups in total. The summed E-state index contributed by atoms with van der Waals surface area (Å²) in [4.78, 5) is 23.4. The van der Waals surface area contributed by atoms with Gasteiger partial charge in [0, 0.05) is 13.0 Å². The van der Waals surface area contributed by atoms with E-state index in [2.05, 4.69) is 10.4 Å². The second-order valence-corrected chi connectivity index (χ2v) is 6.94. The van der Waals surface area contributed by atoms with E-state index in [0.29, 0.717) is 24.6 Å². The highest BCUT2D eigenvalue weighted by Gasteiger charge is 2.16. The lowest BCUT2D eigenvalue weighted by Gasteiger charge is -2.22. The molecule has 1 aromatic carbocycles. The van der Waals surface area contributed by atoms with Crippen LogP contribution in [0.2, 0.25) is 0 Å². The Balaban J connectivity index is 1.70. The Morgan fingerprint density at radius 2 is 1.96 bits per heavy atom. The Hall–Kier alpha value is -2.41. The summed E-state index contributed by atoms with van der Waals surface area (Å²) in [6, 6.07) is 7.35. The van der Waals surface area contributed by atoms with E-state index in [1.807, 2.05) is 31.2 Å². The van der Waals surface area contributed by atoms with Crippen LogP contribution in [0.3, 0.4) is 0 Å². The second-order valence-electron chi connectivity index (χ2n) is 6.94. The van der Waals surface area contributed by atoms with E-state index < -0.39 is 5.97 Å². The molecule has 7 heteroatoms. The Labute approximate surface area is 152 Å². The monoisotopic (exact) mass is 358 g/mol. The fourth-order valence-electron chi connectivity index (χ4n) is 3.46. The number of hydrogen-bond donors (Lipinski definition) is 2. The van der Waals surface area contributed by atoms with Crippen LogP contribution in [0.4, 0.5) is 0 Å². The van der Waals surface area contributed by atoms with Gasteiger partial charge >= 0.3 is 11.7 Å². The molecule has 0 radical (unpaired) electrons. The van der Waals surface area contributed by atoms with Crippen LogP contribution in [0.1, 0.15) is 37.1 Å². The lowest BCUT2D eigenvalue weighted by Crippen LogP contribution is -2.30. The minimum absolute atomic E-state index is 0.101. The second kappa shape index (κ2) is 8.31. The maximum atomic E-state index is 12.7. The van der Waals surface area contributed by atoms with E-state index in [9.17, 15) is 9.59 Å². The number of nitrogens with one attached hydrogen (secondary N) is 1. The molecule has 1 aliphatic rings. The van der Waals surface area contributed by atoms with Gasteiger partial charge in [-0.05, 0) is 69.3 Å². The van der Waals surface area contributed by atoms with Gasteiger partial charge in [0.15, 0.2) is 0 Å². The number of aliphatic carboxylic acids is 1. The van der Waals surface area contributed by atoms with E-state index in [-0.39, 0.29) is 12.1 Å². The topological polar surface area (TPSA) is 89.2 Å². The van der Waals surface area contributed by atoms with Gasteiger partial charge in [-0.15, -0.1) is 0 Å². The zero-order chi connectivity index (χ0) is 18.5. The third kappa shape index (κ3) is 4.40. The van der Waals surface area contributed by atoms with Gasteiger partial charge in [-0.25, -0.2) is 4.79 Å². The molecule has 0 unspecified atom stereocenters. The number of carboxylic acids is 1. The average molecular weight is 358 g/mol. The number of carboxylic acid groups (broad SMARTS) is 1. The predicted molar refractivity (Wildman–Crippen MR) is 98.7 cm³/mol. The minimum Gasteiger partial charge on any atom is -0.481 e. The standard InChI is InChI=1S/C19H26N4O3/c1-14-21-23(17-5-2-15(3-6-17)4-7-18(24)25)19(26)22(14)13-10-16-8-11-20-12-9-16/h2-3,5-6,16,20H,4,7-13H2,1H3,(H,24,25). The summed E-state index contributed by atoms with van der Waals surface area (Å²) in [6.45, 7) is 4.69. The zero-order valence-electron chi connectivity index (χ0n) is 15.1. The molecule has 2 heterocycles. The first-order valence-corrected chi connectivity index (χ1v) is 9.23. The number of carbonyl (C=O) groups is 1. The van der Waals surface area contributed by atoms with Crippen LogP contribution in [-0.4, -0.2) is 38.5 Å². The fourth-order valence-corrected chi connectivity index (χ4v) is 3.46. The van der Waals surface area contributed by atoms with Gasteiger partial charge in [-0.3, -0.25) is 9.36 Å². The molecule has 1 fully saturated rings. The van der Waals surface area contributed by atoms with Gasteiger partial charge in [-0.2, -0.15) is 9.78 Å². The van der Waals surface area contributed by atoms with Crippen molar-refractivity contribution in [3.8, 4) is 5.69 Å². The van der Waals surface area contributed by atoms with Crippen molar-refractivity contribution in [3.63, 3.8) is 0 Å². The fraction of sp³-hybridized carbons (Fsp3) is 0.526. The van der Waals surface area contributed by atoms with Crippen molar-refractivity contribution in [3.05, 3.63) is 46.1 Å². The summed E-state index contributed by atoms with van der Waals surface area (Å²) in [6.07, 6.45) is 3.92. The molecule has 0 atom stereocenters. The molecule has 1 aromatic heterocycles. The molecule has 1 aliphatic heterocycles. The third-order valence-corrected chi connectivity index (χ3v) is 5.08. The van der Waals surface area contributed by atoms with E-state index >= 15 is 0 Å². The molecule has 0 amide bonds. The number of nitrogens with zero attached hydrogens (tertiary/aromatic N) is 3. The summed E-state index contributed by atoms with van der Waals surface area (Å²) in [5.74, 6) is 0.576. The van der Waals surface area contributed by atoms with Crippen LogP contribution < -0.4 is 11.0 Å². The first kappa shape index (κ1) is 18.4. The Morgan fingerprint density at radius 1 is 1.27 bits per heavy atom. The number of benzene rings is 1. The molecule has 0 aliphatic carbocycles. The molecule has 140 valence electrons. The first-order valence-electron chi connectivity index (χ1n) is 9.23. The van der Waals surface area contributed by atoms with E-state index in [1.54, 1.807) is 4.57 Å². The van der Waals surface area contributed by atoms with Crippen LogP contribution in [0.15, 0.2) is 29.1 Å². The Kier molecular flexibility index (Phi) is 5.88. The summed E-state index contributed by atoms with van der Waals surface area (Å²) in [5, 5.41) is 16.5. The van der Waals surface area contributed by atoms with Gasteiger partial charge in [0.1, 0.15) is 5.82 Å². The largest absolute Gasteiger partial charge is 0.481 e. The normalized spacial score (nSPS) is 15.3. The molecular weight excluding hydrogens is 332 g/mol. The van der Waals surface area contributed by atoms with Gasteiger partial charge in [0.25, 0.3) is 0 Å². The third-order valence-electron chi connectivity index (χ3n) is 5.08. The van der Waals surface area contributed by atoms with Crippen LogP contribution in [0.5, 0.6) is 0 Å². The molecule has 2 aromatic rings. The predicted octanol–water partition coefficient (Wildman–Crippen LogP) is 1.75. The van der Waals surface area contributed by atoms with Crippen molar-refractivity contribution in [1.82, 2.24) is 19.7 Å². The van der Waals surface area contributed by atoms with Gasteiger partial charge in [0.2, 0.25) is 0 Å². The number of rotatable bonds is 7. The highest BCUT2D eigenvalue weighted by atomic mass is 16.4. The zero-order valence-corrected chi connectivity index (χ0v) is 15.1. The lowest BCUT2D eigenvalue weighted by molar-refractivity contribution is -0.136. The molecule has 0 spiro atoms. The number of aromatic nitrogens is 3. The van der Waals surface area contributed by atoms with Gasteiger partial charge in [0.05, 0.1) is 5.69 Å². The molecule has 7 nitrogen and oxygen atoms in total. The van der Waals surface area contributed by atoms with Crippen molar-refractivity contribution in [1.29, 1.82) is 0 Å². The smallest absolute Gasteiger partial charge is 0.350 e. The van der Waals surface area contributed by atoms with Crippen molar-refractivity contribution in [2.24, 2.45) is 5.92 Å². The van der Waals surface area contributed by atoms with Crippen LogP contribution in [0.25, 0.3) is 5.69 Å². The molecule has 3 rings (SSSR count). The van der Waals surface area contributed by atoms with Crippen LogP contribution in [0, 0.1) is 12.8 Å². The molecule has 26 heavy (non-hydrogen) atoms. The van der Waals surface area contributed by atoms with Crippen molar-refractivity contribution < 1.29 is 9.90 Å². The van der Waals surface area contributed by atoms with E-state index in [4.69, 9.17) is 5.11 Å².